The van der Waals surface area contributed by atoms with Crippen molar-refractivity contribution < 1.29 is 18.0 Å². The summed E-state index contributed by atoms with van der Waals surface area (Å²) in [4.78, 5) is 22.7. The smallest absolute Gasteiger partial charge is 0.241 e. The van der Waals surface area contributed by atoms with E-state index in [0.717, 1.165) is 11.1 Å². The summed E-state index contributed by atoms with van der Waals surface area (Å²) in [6, 6.07) is 13.5. The lowest BCUT2D eigenvalue weighted by atomic mass is 10.1. The minimum Gasteiger partial charge on any atom is -0.353 e. The van der Waals surface area contributed by atoms with Crippen LogP contribution in [0, 0.1) is 0 Å². The molecule has 7 nitrogen and oxygen atoms in total. The van der Waals surface area contributed by atoms with E-state index in [9.17, 15) is 18.0 Å². The number of rotatable bonds is 7. The molecule has 2 rings (SSSR count). The van der Waals surface area contributed by atoms with E-state index in [4.69, 9.17) is 0 Å². The number of hydrogen-bond acceptors (Lipinski definition) is 4. The lowest BCUT2D eigenvalue weighted by Crippen LogP contribution is -2.39. The van der Waals surface area contributed by atoms with Crippen LogP contribution in [0.1, 0.15) is 20.8 Å². The predicted octanol–water partition coefficient (Wildman–Crippen LogP) is 2.11. The second-order valence-corrected chi connectivity index (χ2v) is 8.10. The van der Waals surface area contributed by atoms with Crippen LogP contribution in [0.25, 0.3) is 11.1 Å². The molecular weight excluding hydrogens is 366 g/mol. The van der Waals surface area contributed by atoms with Crippen molar-refractivity contribution in [3.63, 3.8) is 0 Å². The molecule has 0 heterocycles. The summed E-state index contributed by atoms with van der Waals surface area (Å²) < 4.78 is 26.9. The summed E-state index contributed by atoms with van der Waals surface area (Å²) >= 11 is 0. The molecule has 2 aromatic carbocycles. The molecule has 0 aliphatic heterocycles. The van der Waals surface area contributed by atoms with E-state index in [2.05, 4.69) is 15.4 Å². The maximum atomic E-state index is 12.3. The van der Waals surface area contributed by atoms with Crippen molar-refractivity contribution >= 4 is 27.5 Å². The van der Waals surface area contributed by atoms with Gasteiger partial charge in [0.05, 0.1) is 11.4 Å². The first kappa shape index (κ1) is 20.6. The second-order valence-electron chi connectivity index (χ2n) is 6.33. The van der Waals surface area contributed by atoms with Gasteiger partial charge in [-0.3, -0.25) is 9.59 Å². The summed E-state index contributed by atoms with van der Waals surface area (Å²) in [7, 11) is -3.77. The van der Waals surface area contributed by atoms with Crippen LogP contribution < -0.4 is 15.4 Å². The van der Waals surface area contributed by atoms with Gasteiger partial charge in [-0.05, 0) is 49.2 Å². The van der Waals surface area contributed by atoms with E-state index < -0.39 is 10.0 Å². The number of anilines is 1. The first-order chi connectivity index (χ1) is 12.7. The maximum absolute atomic E-state index is 12.3. The molecule has 2 aromatic rings. The molecule has 0 fully saturated rings. The molecule has 0 spiro atoms. The van der Waals surface area contributed by atoms with Crippen molar-refractivity contribution in [1.82, 2.24) is 10.0 Å². The zero-order valence-corrected chi connectivity index (χ0v) is 16.3. The average Bonchev–Trinajstić information content (AvgIpc) is 2.60. The Bertz CT molecular complexity index is 905. The van der Waals surface area contributed by atoms with Gasteiger partial charge in [0, 0.05) is 18.7 Å². The Kier molecular flexibility index (Phi) is 6.70. The van der Waals surface area contributed by atoms with Gasteiger partial charge in [0.15, 0.2) is 0 Å². The van der Waals surface area contributed by atoms with E-state index >= 15 is 0 Å². The topological polar surface area (TPSA) is 104 Å². The van der Waals surface area contributed by atoms with Crippen molar-refractivity contribution in [2.45, 2.75) is 31.7 Å². The largest absolute Gasteiger partial charge is 0.353 e. The molecule has 27 heavy (non-hydrogen) atoms. The van der Waals surface area contributed by atoms with Crippen molar-refractivity contribution in [2.24, 2.45) is 0 Å². The molecule has 0 saturated carbocycles. The molecule has 8 heteroatoms. The van der Waals surface area contributed by atoms with Crippen LogP contribution in [0.5, 0.6) is 0 Å². The van der Waals surface area contributed by atoms with Gasteiger partial charge in [-0.25, -0.2) is 13.1 Å². The Labute approximate surface area is 159 Å². The van der Waals surface area contributed by atoms with Gasteiger partial charge in [0.25, 0.3) is 0 Å². The van der Waals surface area contributed by atoms with Crippen molar-refractivity contribution in [1.29, 1.82) is 0 Å². The van der Waals surface area contributed by atoms with Crippen molar-refractivity contribution in [2.75, 3.05) is 11.9 Å². The fourth-order valence-corrected chi connectivity index (χ4v) is 3.37. The Balaban J connectivity index is 2.07. The van der Waals surface area contributed by atoms with Crippen LogP contribution >= 0.6 is 0 Å². The summed E-state index contributed by atoms with van der Waals surface area (Å²) in [5, 5.41) is 5.31. The number of amides is 2. The van der Waals surface area contributed by atoms with Crippen LogP contribution in [0.4, 0.5) is 5.69 Å². The SMILES string of the molecule is CC(=O)Nc1ccc(-c2ccc(S(=O)(=O)NCC(=O)NC(C)C)cc2)cc1. The second kappa shape index (κ2) is 8.79. The number of sulfonamides is 1. The fourth-order valence-electron chi connectivity index (χ4n) is 2.39. The molecule has 0 aromatic heterocycles. The Morgan fingerprint density at radius 2 is 1.44 bits per heavy atom. The quantitative estimate of drug-likeness (QED) is 0.675. The molecule has 2 amide bonds. The van der Waals surface area contributed by atoms with E-state index in [0.29, 0.717) is 5.69 Å². The van der Waals surface area contributed by atoms with Crippen molar-refractivity contribution in [3.8, 4) is 11.1 Å². The van der Waals surface area contributed by atoms with E-state index in [1.54, 1.807) is 38.1 Å². The van der Waals surface area contributed by atoms with Gasteiger partial charge in [-0.15, -0.1) is 0 Å². The van der Waals surface area contributed by atoms with E-state index in [1.807, 2.05) is 12.1 Å². The maximum Gasteiger partial charge on any atom is 0.241 e. The highest BCUT2D eigenvalue weighted by molar-refractivity contribution is 7.89. The molecule has 0 aliphatic carbocycles. The normalized spacial score (nSPS) is 11.3. The number of nitrogens with one attached hydrogen (secondary N) is 3. The van der Waals surface area contributed by atoms with Crippen LogP contribution in [0.2, 0.25) is 0 Å². The lowest BCUT2D eigenvalue weighted by Gasteiger charge is -2.10. The highest BCUT2D eigenvalue weighted by Crippen LogP contribution is 2.23. The van der Waals surface area contributed by atoms with Crippen LogP contribution in [0.3, 0.4) is 0 Å². The third-order valence-corrected chi connectivity index (χ3v) is 4.99. The first-order valence-corrected chi connectivity index (χ1v) is 9.93. The molecule has 0 atom stereocenters. The molecule has 0 aliphatic rings. The van der Waals surface area contributed by atoms with Crippen LogP contribution in [0.15, 0.2) is 53.4 Å². The molecule has 0 radical (unpaired) electrons. The molecule has 0 unspecified atom stereocenters. The summed E-state index contributed by atoms with van der Waals surface area (Å²) in [5.74, 6) is -0.531. The van der Waals surface area contributed by atoms with E-state index in [-0.39, 0.29) is 29.3 Å². The molecule has 3 N–H and O–H groups in total. The van der Waals surface area contributed by atoms with Crippen LogP contribution in [-0.4, -0.2) is 32.8 Å². The Hall–Kier alpha value is -2.71. The highest BCUT2D eigenvalue weighted by Gasteiger charge is 2.15. The number of carbonyl (C=O) groups excluding carboxylic acids is 2. The van der Waals surface area contributed by atoms with Gasteiger partial charge < -0.3 is 10.6 Å². The standard InChI is InChI=1S/C19H23N3O4S/c1-13(2)21-19(24)12-20-27(25,26)18-10-6-16(7-11-18)15-4-8-17(9-5-15)22-14(3)23/h4-11,13,20H,12H2,1-3H3,(H,21,24)(H,22,23). The molecule has 144 valence electrons. The molecular formula is C19H23N3O4S. The summed E-state index contributed by atoms with van der Waals surface area (Å²) in [5.41, 5.74) is 2.41. The Morgan fingerprint density at radius 1 is 0.926 bits per heavy atom. The van der Waals surface area contributed by atoms with Gasteiger partial charge in [0.1, 0.15) is 0 Å². The van der Waals surface area contributed by atoms with E-state index in [1.165, 1.54) is 19.1 Å². The average molecular weight is 389 g/mol. The third kappa shape index (κ3) is 6.19. The lowest BCUT2D eigenvalue weighted by molar-refractivity contribution is -0.120. The fraction of sp³-hybridized carbons (Fsp3) is 0.263. The minimum absolute atomic E-state index is 0.0571. The van der Waals surface area contributed by atoms with Gasteiger partial charge >= 0.3 is 0 Å². The summed E-state index contributed by atoms with van der Waals surface area (Å²) in [6.45, 7) is 4.72. The molecule has 0 saturated heterocycles. The minimum atomic E-state index is -3.77. The van der Waals surface area contributed by atoms with Gasteiger partial charge in [-0.1, -0.05) is 24.3 Å². The highest BCUT2D eigenvalue weighted by atomic mass is 32.2. The van der Waals surface area contributed by atoms with Gasteiger partial charge in [0.2, 0.25) is 21.8 Å². The summed E-state index contributed by atoms with van der Waals surface area (Å²) in [6.07, 6.45) is 0. The number of carbonyl (C=O) groups is 2. The number of benzene rings is 2. The zero-order valence-electron chi connectivity index (χ0n) is 15.4. The van der Waals surface area contributed by atoms with Crippen LogP contribution in [-0.2, 0) is 19.6 Å². The number of hydrogen-bond donors (Lipinski definition) is 3. The zero-order chi connectivity index (χ0) is 20.0. The third-order valence-electron chi connectivity index (χ3n) is 3.58. The first-order valence-electron chi connectivity index (χ1n) is 8.44. The predicted molar refractivity (Wildman–Crippen MR) is 105 cm³/mol. The van der Waals surface area contributed by atoms with Gasteiger partial charge in [-0.2, -0.15) is 0 Å². The Morgan fingerprint density at radius 3 is 1.93 bits per heavy atom. The van der Waals surface area contributed by atoms with Crippen molar-refractivity contribution in [3.05, 3.63) is 48.5 Å². The monoisotopic (exact) mass is 389 g/mol. The molecule has 0 bridgehead atoms.